The Balaban J connectivity index is 2.67. The third-order valence-corrected chi connectivity index (χ3v) is 3.84. The maximum absolute atomic E-state index is 6.16. The van der Waals surface area contributed by atoms with Gasteiger partial charge in [0.05, 0.1) is 5.70 Å². The lowest BCUT2D eigenvalue weighted by Crippen LogP contribution is -2.38. The number of rotatable bonds is 3. The molecule has 0 saturated carbocycles. The van der Waals surface area contributed by atoms with E-state index in [0.717, 1.165) is 23.4 Å². The molecule has 0 radical (unpaired) electrons. The molecule has 3 heteroatoms. The molecule has 0 spiro atoms. The van der Waals surface area contributed by atoms with Gasteiger partial charge in [0.15, 0.2) is 0 Å². The summed E-state index contributed by atoms with van der Waals surface area (Å²) in [5.41, 5.74) is 3.09. The number of benzene rings is 1. The highest BCUT2D eigenvalue weighted by molar-refractivity contribution is 5.75. The van der Waals surface area contributed by atoms with Gasteiger partial charge in [-0.1, -0.05) is 19.1 Å². The third kappa shape index (κ3) is 1.80. The molecule has 0 aromatic heterocycles. The van der Waals surface area contributed by atoms with Gasteiger partial charge in [-0.15, -0.1) is 0 Å². The SMILES string of the molecule is C=NN(C)C1=C(C)C(C)(CC)Oc2ccccc21. The van der Waals surface area contributed by atoms with Crippen LogP contribution >= 0.6 is 0 Å². The molecule has 1 aromatic carbocycles. The van der Waals surface area contributed by atoms with Crippen molar-refractivity contribution in [1.82, 2.24) is 5.01 Å². The van der Waals surface area contributed by atoms with Crippen molar-refractivity contribution in [3.05, 3.63) is 35.4 Å². The van der Waals surface area contributed by atoms with Crippen LogP contribution in [0.15, 0.2) is 34.9 Å². The maximum Gasteiger partial charge on any atom is 0.130 e. The molecule has 1 atom stereocenters. The van der Waals surface area contributed by atoms with Gasteiger partial charge in [0.25, 0.3) is 0 Å². The van der Waals surface area contributed by atoms with Gasteiger partial charge in [0, 0.05) is 19.3 Å². The van der Waals surface area contributed by atoms with E-state index in [1.54, 1.807) is 0 Å². The van der Waals surface area contributed by atoms with Crippen molar-refractivity contribution in [2.75, 3.05) is 7.05 Å². The molecule has 0 fully saturated rings. The van der Waals surface area contributed by atoms with Gasteiger partial charge >= 0.3 is 0 Å². The number of hydrazone groups is 1. The normalized spacial score (nSPS) is 22.2. The van der Waals surface area contributed by atoms with E-state index in [9.17, 15) is 0 Å². The van der Waals surface area contributed by atoms with Crippen LogP contribution in [-0.2, 0) is 0 Å². The smallest absolute Gasteiger partial charge is 0.130 e. The summed E-state index contributed by atoms with van der Waals surface area (Å²) < 4.78 is 6.16. The van der Waals surface area contributed by atoms with Crippen molar-refractivity contribution < 1.29 is 4.74 Å². The zero-order chi connectivity index (χ0) is 13.3. The van der Waals surface area contributed by atoms with Crippen LogP contribution in [-0.4, -0.2) is 24.4 Å². The van der Waals surface area contributed by atoms with E-state index in [0.29, 0.717) is 0 Å². The first-order chi connectivity index (χ1) is 8.53. The number of hydrogen-bond acceptors (Lipinski definition) is 3. The van der Waals surface area contributed by atoms with E-state index in [1.807, 2.05) is 30.3 Å². The van der Waals surface area contributed by atoms with Crippen LogP contribution < -0.4 is 4.74 Å². The monoisotopic (exact) mass is 244 g/mol. The Bertz CT molecular complexity index is 507. The Morgan fingerprint density at radius 3 is 2.67 bits per heavy atom. The second-order valence-electron chi connectivity index (χ2n) is 4.82. The van der Waals surface area contributed by atoms with Gasteiger partial charge in [0.1, 0.15) is 11.4 Å². The van der Waals surface area contributed by atoms with Gasteiger partial charge < -0.3 is 4.74 Å². The number of hydrogen-bond donors (Lipinski definition) is 0. The van der Waals surface area contributed by atoms with Crippen LogP contribution in [0, 0.1) is 0 Å². The Labute approximate surface area is 109 Å². The number of ether oxygens (including phenoxy) is 1. The summed E-state index contributed by atoms with van der Waals surface area (Å²) in [6, 6.07) is 8.08. The number of para-hydroxylation sites is 1. The second kappa shape index (κ2) is 4.48. The number of fused-ring (bicyclic) bond motifs is 1. The Morgan fingerprint density at radius 1 is 1.39 bits per heavy atom. The summed E-state index contributed by atoms with van der Waals surface area (Å²) in [7, 11) is 1.92. The molecule has 1 heterocycles. The summed E-state index contributed by atoms with van der Waals surface area (Å²) in [6.07, 6.45) is 0.918. The molecule has 2 rings (SSSR count). The van der Waals surface area contributed by atoms with Gasteiger partial charge in [0.2, 0.25) is 0 Å². The van der Waals surface area contributed by atoms with Gasteiger partial charge in [-0.25, -0.2) is 0 Å². The minimum absolute atomic E-state index is 0.275. The highest BCUT2D eigenvalue weighted by Gasteiger charge is 2.36. The zero-order valence-corrected chi connectivity index (χ0v) is 11.5. The minimum Gasteiger partial charge on any atom is -0.482 e. The predicted octanol–water partition coefficient (Wildman–Crippen LogP) is 3.53. The Morgan fingerprint density at radius 2 is 2.06 bits per heavy atom. The molecular weight excluding hydrogens is 224 g/mol. The topological polar surface area (TPSA) is 24.8 Å². The molecule has 1 aliphatic heterocycles. The summed E-state index contributed by atoms with van der Waals surface area (Å²) >= 11 is 0. The predicted molar refractivity (Wildman–Crippen MR) is 75.7 cm³/mol. The zero-order valence-electron chi connectivity index (χ0n) is 11.5. The largest absolute Gasteiger partial charge is 0.482 e. The number of nitrogens with zero attached hydrogens (tertiary/aromatic N) is 2. The third-order valence-electron chi connectivity index (χ3n) is 3.84. The van der Waals surface area contributed by atoms with Crippen LogP contribution in [0.3, 0.4) is 0 Å². The minimum atomic E-state index is -0.275. The van der Waals surface area contributed by atoms with Crippen LogP contribution in [0.25, 0.3) is 5.70 Å². The summed E-state index contributed by atoms with van der Waals surface area (Å²) in [6.45, 7) is 9.98. The molecule has 0 bridgehead atoms. The average Bonchev–Trinajstić information content (AvgIpc) is 2.39. The van der Waals surface area contributed by atoms with Crippen LogP contribution in [0.5, 0.6) is 5.75 Å². The van der Waals surface area contributed by atoms with Crippen molar-refractivity contribution in [3.8, 4) is 5.75 Å². The fraction of sp³-hybridized carbons (Fsp3) is 0.400. The van der Waals surface area contributed by atoms with Gasteiger partial charge in [-0.2, -0.15) is 5.10 Å². The quantitative estimate of drug-likeness (QED) is 0.600. The van der Waals surface area contributed by atoms with E-state index in [-0.39, 0.29) is 5.60 Å². The van der Waals surface area contributed by atoms with E-state index >= 15 is 0 Å². The molecule has 1 aliphatic rings. The standard InChI is InChI=1S/C15H20N2O/c1-6-15(3)11(2)14(17(5)16-4)12-9-7-8-10-13(12)18-15/h7-10H,4,6H2,1-3,5H3. The summed E-state index contributed by atoms with van der Waals surface area (Å²) in [4.78, 5) is 0. The first-order valence-corrected chi connectivity index (χ1v) is 6.23. The molecule has 3 nitrogen and oxygen atoms in total. The van der Waals surface area contributed by atoms with Crippen LogP contribution in [0.2, 0.25) is 0 Å². The maximum atomic E-state index is 6.16. The van der Waals surface area contributed by atoms with Crippen molar-refractivity contribution >= 4 is 12.4 Å². The molecule has 96 valence electrons. The van der Waals surface area contributed by atoms with Gasteiger partial charge in [-0.3, -0.25) is 5.01 Å². The summed E-state index contributed by atoms with van der Waals surface area (Å²) in [5.74, 6) is 0.915. The molecule has 0 amide bonds. The fourth-order valence-corrected chi connectivity index (χ4v) is 2.35. The molecule has 0 N–H and O–H groups in total. The molecule has 18 heavy (non-hydrogen) atoms. The van der Waals surface area contributed by atoms with Crippen molar-refractivity contribution in [1.29, 1.82) is 0 Å². The lowest BCUT2D eigenvalue weighted by molar-refractivity contribution is 0.116. The lowest BCUT2D eigenvalue weighted by atomic mass is 9.87. The second-order valence-corrected chi connectivity index (χ2v) is 4.82. The van der Waals surface area contributed by atoms with E-state index in [4.69, 9.17) is 4.74 Å². The Kier molecular flexibility index (Phi) is 3.16. The van der Waals surface area contributed by atoms with Crippen molar-refractivity contribution in [2.24, 2.45) is 5.10 Å². The highest BCUT2D eigenvalue weighted by atomic mass is 16.5. The fourth-order valence-electron chi connectivity index (χ4n) is 2.35. The van der Waals surface area contributed by atoms with E-state index in [1.165, 1.54) is 5.57 Å². The molecule has 1 aromatic rings. The summed E-state index contributed by atoms with van der Waals surface area (Å²) in [5, 5.41) is 5.86. The molecule has 0 aliphatic carbocycles. The highest BCUT2D eigenvalue weighted by Crippen LogP contribution is 2.42. The molecule has 0 saturated heterocycles. The first kappa shape index (κ1) is 12.7. The van der Waals surface area contributed by atoms with Crippen molar-refractivity contribution in [2.45, 2.75) is 32.8 Å². The molecule has 1 unspecified atom stereocenters. The average molecular weight is 244 g/mol. The van der Waals surface area contributed by atoms with E-state index in [2.05, 4.69) is 38.7 Å². The van der Waals surface area contributed by atoms with Gasteiger partial charge in [-0.05, 0) is 38.0 Å². The van der Waals surface area contributed by atoms with Crippen LogP contribution in [0.4, 0.5) is 0 Å². The lowest BCUT2D eigenvalue weighted by Gasteiger charge is -2.39. The van der Waals surface area contributed by atoms with Crippen molar-refractivity contribution in [3.63, 3.8) is 0 Å². The van der Waals surface area contributed by atoms with Crippen LogP contribution in [0.1, 0.15) is 32.8 Å². The first-order valence-electron chi connectivity index (χ1n) is 6.23. The van der Waals surface area contributed by atoms with E-state index < -0.39 is 0 Å². The molecular formula is C15H20N2O. The Hall–Kier alpha value is -1.77.